The number of carbonyl (C=O) groups is 1. The van der Waals surface area contributed by atoms with Crippen molar-refractivity contribution in [3.8, 4) is 5.69 Å². The highest BCUT2D eigenvalue weighted by Gasteiger charge is 2.21. The SMILES string of the molecule is Cc1nn(-c2ccccc2)c(C)c1/C=C/C(=O)NCCCN1CC(C)OC(C)C1. The number of para-hydroxylation sites is 1. The Hall–Kier alpha value is -2.44. The molecular formula is C23H32N4O2. The summed E-state index contributed by atoms with van der Waals surface area (Å²) in [7, 11) is 0. The van der Waals surface area contributed by atoms with Gasteiger partial charge in [0.2, 0.25) is 5.91 Å². The number of aryl methyl sites for hydroxylation is 1. The summed E-state index contributed by atoms with van der Waals surface area (Å²) in [6, 6.07) is 10.0. The molecule has 156 valence electrons. The molecule has 1 aliphatic heterocycles. The van der Waals surface area contributed by atoms with Crippen LogP contribution in [0.2, 0.25) is 0 Å². The van der Waals surface area contributed by atoms with Crippen LogP contribution in [0.3, 0.4) is 0 Å². The van der Waals surface area contributed by atoms with E-state index in [1.807, 2.05) is 54.9 Å². The minimum absolute atomic E-state index is 0.0695. The molecule has 6 heteroatoms. The first-order valence-corrected chi connectivity index (χ1v) is 10.4. The zero-order valence-electron chi connectivity index (χ0n) is 17.9. The van der Waals surface area contributed by atoms with Crippen molar-refractivity contribution >= 4 is 12.0 Å². The molecule has 0 spiro atoms. The fraction of sp³-hybridized carbons (Fsp3) is 0.478. The molecular weight excluding hydrogens is 364 g/mol. The number of morpholine rings is 1. The number of nitrogens with zero attached hydrogens (tertiary/aromatic N) is 3. The number of hydrogen-bond donors (Lipinski definition) is 1. The van der Waals surface area contributed by atoms with Crippen LogP contribution in [0.25, 0.3) is 11.8 Å². The first-order valence-electron chi connectivity index (χ1n) is 10.4. The summed E-state index contributed by atoms with van der Waals surface area (Å²) in [5, 5.41) is 7.60. The van der Waals surface area contributed by atoms with Gasteiger partial charge in [0.1, 0.15) is 0 Å². The van der Waals surface area contributed by atoms with Gasteiger partial charge in [-0.3, -0.25) is 9.69 Å². The van der Waals surface area contributed by atoms with Gasteiger partial charge in [-0.25, -0.2) is 4.68 Å². The topological polar surface area (TPSA) is 59.4 Å². The molecule has 1 aliphatic rings. The molecule has 1 saturated heterocycles. The summed E-state index contributed by atoms with van der Waals surface area (Å²) < 4.78 is 7.67. The van der Waals surface area contributed by atoms with Crippen LogP contribution < -0.4 is 5.32 Å². The Bertz CT molecular complexity index is 834. The van der Waals surface area contributed by atoms with Gasteiger partial charge in [0, 0.05) is 43.5 Å². The van der Waals surface area contributed by atoms with Gasteiger partial charge in [0.15, 0.2) is 0 Å². The van der Waals surface area contributed by atoms with E-state index in [4.69, 9.17) is 4.74 Å². The Kier molecular flexibility index (Phi) is 7.23. The van der Waals surface area contributed by atoms with Gasteiger partial charge in [-0.15, -0.1) is 0 Å². The first kappa shape index (κ1) is 21.3. The van der Waals surface area contributed by atoms with Crippen molar-refractivity contribution in [2.24, 2.45) is 0 Å². The number of aromatic nitrogens is 2. The molecule has 2 heterocycles. The molecule has 1 amide bonds. The number of hydrogen-bond acceptors (Lipinski definition) is 4. The maximum Gasteiger partial charge on any atom is 0.244 e. The van der Waals surface area contributed by atoms with Crippen LogP contribution in [-0.2, 0) is 9.53 Å². The van der Waals surface area contributed by atoms with E-state index in [9.17, 15) is 4.79 Å². The molecule has 0 aliphatic carbocycles. The van der Waals surface area contributed by atoms with Crippen LogP contribution in [0.1, 0.15) is 37.2 Å². The van der Waals surface area contributed by atoms with Crippen LogP contribution in [-0.4, -0.2) is 59.0 Å². The van der Waals surface area contributed by atoms with Crippen LogP contribution in [0.5, 0.6) is 0 Å². The normalized spacial score (nSPS) is 20.3. The predicted molar refractivity (Wildman–Crippen MR) is 116 cm³/mol. The van der Waals surface area contributed by atoms with E-state index >= 15 is 0 Å². The van der Waals surface area contributed by atoms with E-state index in [1.54, 1.807) is 6.08 Å². The second-order valence-corrected chi connectivity index (χ2v) is 7.83. The molecule has 1 N–H and O–H groups in total. The van der Waals surface area contributed by atoms with E-state index < -0.39 is 0 Å². The zero-order valence-corrected chi connectivity index (χ0v) is 17.9. The van der Waals surface area contributed by atoms with E-state index in [0.29, 0.717) is 6.54 Å². The average molecular weight is 397 g/mol. The first-order chi connectivity index (χ1) is 13.9. The minimum Gasteiger partial charge on any atom is -0.373 e. The number of rotatable bonds is 7. The third-order valence-corrected chi connectivity index (χ3v) is 5.20. The van der Waals surface area contributed by atoms with Crippen molar-refractivity contribution < 1.29 is 9.53 Å². The summed E-state index contributed by atoms with van der Waals surface area (Å²) in [5.41, 5.74) is 3.93. The Morgan fingerprint density at radius 2 is 1.90 bits per heavy atom. The Morgan fingerprint density at radius 3 is 2.59 bits per heavy atom. The number of ether oxygens (including phenoxy) is 1. The van der Waals surface area contributed by atoms with Crippen molar-refractivity contribution in [3.63, 3.8) is 0 Å². The predicted octanol–water partition coefficient (Wildman–Crippen LogP) is 3.12. The molecule has 0 radical (unpaired) electrons. The van der Waals surface area contributed by atoms with Crippen LogP contribution in [0.15, 0.2) is 36.4 Å². The standard InChI is InChI=1S/C23H32N4O2/c1-17-15-26(16-18(2)29-17)14-8-13-24-23(28)12-11-22-19(3)25-27(20(22)4)21-9-6-5-7-10-21/h5-7,9-12,17-18H,8,13-16H2,1-4H3,(H,24,28)/b12-11+. The van der Waals surface area contributed by atoms with Crippen LogP contribution >= 0.6 is 0 Å². The highest BCUT2D eigenvalue weighted by Crippen LogP contribution is 2.19. The second kappa shape index (κ2) is 9.85. The van der Waals surface area contributed by atoms with Gasteiger partial charge in [-0.1, -0.05) is 18.2 Å². The van der Waals surface area contributed by atoms with Crippen molar-refractivity contribution in [2.75, 3.05) is 26.2 Å². The molecule has 2 atom stereocenters. The van der Waals surface area contributed by atoms with Crippen molar-refractivity contribution in [3.05, 3.63) is 53.4 Å². The van der Waals surface area contributed by atoms with E-state index in [2.05, 4.69) is 29.2 Å². The Balaban J connectivity index is 1.49. The van der Waals surface area contributed by atoms with E-state index in [0.717, 1.165) is 48.7 Å². The second-order valence-electron chi connectivity index (χ2n) is 7.83. The molecule has 2 unspecified atom stereocenters. The third kappa shape index (κ3) is 5.78. The molecule has 1 aromatic heterocycles. The third-order valence-electron chi connectivity index (χ3n) is 5.20. The van der Waals surface area contributed by atoms with Gasteiger partial charge in [0.05, 0.1) is 23.6 Å². The summed E-state index contributed by atoms with van der Waals surface area (Å²) in [5.74, 6) is -0.0695. The molecule has 0 bridgehead atoms. The van der Waals surface area contributed by atoms with Gasteiger partial charge < -0.3 is 10.1 Å². The molecule has 1 aromatic carbocycles. The molecule has 1 fully saturated rings. The zero-order chi connectivity index (χ0) is 20.8. The fourth-order valence-corrected chi connectivity index (χ4v) is 3.92. The number of amides is 1. The summed E-state index contributed by atoms with van der Waals surface area (Å²) in [4.78, 5) is 14.6. The Morgan fingerprint density at radius 1 is 1.21 bits per heavy atom. The van der Waals surface area contributed by atoms with Gasteiger partial charge in [-0.05, 0) is 52.3 Å². The quantitative estimate of drug-likeness (QED) is 0.577. The monoisotopic (exact) mass is 396 g/mol. The minimum atomic E-state index is -0.0695. The lowest BCUT2D eigenvalue weighted by atomic mass is 10.2. The summed E-state index contributed by atoms with van der Waals surface area (Å²) in [6.07, 6.45) is 4.95. The molecule has 0 saturated carbocycles. The summed E-state index contributed by atoms with van der Waals surface area (Å²) in [6.45, 7) is 11.8. The van der Waals surface area contributed by atoms with E-state index in [1.165, 1.54) is 0 Å². The maximum absolute atomic E-state index is 12.2. The van der Waals surface area contributed by atoms with Crippen molar-refractivity contribution in [2.45, 2.75) is 46.3 Å². The lowest BCUT2D eigenvalue weighted by Gasteiger charge is -2.35. The van der Waals surface area contributed by atoms with Crippen molar-refractivity contribution in [1.29, 1.82) is 0 Å². The van der Waals surface area contributed by atoms with Gasteiger partial charge in [-0.2, -0.15) is 5.10 Å². The molecule has 3 rings (SSSR count). The molecule has 6 nitrogen and oxygen atoms in total. The van der Waals surface area contributed by atoms with Gasteiger partial charge in [0.25, 0.3) is 0 Å². The molecule has 29 heavy (non-hydrogen) atoms. The largest absolute Gasteiger partial charge is 0.373 e. The van der Waals surface area contributed by atoms with Crippen LogP contribution in [0, 0.1) is 13.8 Å². The lowest BCUT2D eigenvalue weighted by molar-refractivity contribution is -0.116. The Labute approximate surface area is 173 Å². The molecule has 2 aromatic rings. The number of benzene rings is 1. The lowest BCUT2D eigenvalue weighted by Crippen LogP contribution is -2.46. The number of carbonyl (C=O) groups excluding carboxylic acids is 1. The fourth-order valence-electron chi connectivity index (χ4n) is 3.92. The number of nitrogens with one attached hydrogen (secondary N) is 1. The maximum atomic E-state index is 12.2. The van der Waals surface area contributed by atoms with Gasteiger partial charge >= 0.3 is 0 Å². The summed E-state index contributed by atoms with van der Waals surface area (Å²) >= 11 is 0. The van der Waals surface area contributed by atoms with E-state index in [-0.39, 0.29) is 18.1 Å². The average Bonchev–Trinajstić information content (AvgIpc) is 2.97. The van der Waals surface area contributed by atoms with Crippen molar-refractivity contribution in [1.82, 2.24) is 20.0 Å². The smallest absolute Gasteiger partial charge is 0.244 e. The highest BCUT2D eigenvalue weighted by molar-refractivity contribution is 5.92. The van der Waals surface area contributed by atoms with Crippen LogP contribution in [0.4, 0.5) is 0 Å². The highest BCUT2D eigenvalue weighted by atomic mass is 16.5.